The molecule has 0 aliphatic carbocycles. The van der Waals surface area contributed by atoms with Gasteiger partial charge >= 0.3 is 12.2 Å². The lowest BCUT2D eigenvalue weighted by Gasteiger charge is -2.11. The second-order valence-electron chi connectivity index (χ2n) is 7.64. The number of rotatable bonds is 6. The molecule has 0 bridgehead atoms. The van der Waals surface area contributed by atoms with Crippen LogP contribution in [0.4, 0.5) is 29.3 Å². The third kappa shape index (κ3) is 6.98. The normalized spacial score (nSPS) is 10.8. The van der Waals surface area contributed by atoms with Crippen LogP contribution in [0.5, 0.6) is 0 Å². The van der Waals surface area contributed by atoms with E-state index in [1.54, 1.807) is 41.4 Å². The minimum absolute atomic E-state index is 0. The second-order valence-corrected chi connectivity index (χ2v) is 7.64. The maximum Gasteiger partial charge on any atom is 0.416 e. The van der Waals surface area contributed by atoms with Crippen LogP contribution in [0.15, 0.2) is 97.5 Å². The summed E-state index contributed by atoms with van der Waals surface area (Å²) in [5, 5.41) is 4.89. The molecule has 0 saturated heterocycles. The Morgan fingerprint density at radius 1 is 0.833 bits per heavy atom. The molecular weight excluding hydrogens is 537 g/mol. The van der Waals surface area contributed by atoms with Gasteiger partial charge in [0.15, 0.2) is 12.2 Å². The van der Waals surface area contributed by atoms with E-state index in [9.17, 15) is 22.8 Å². The van der Waals surface area contributed by atoms with Crippen LogP contribution in [0.3, 0.4) is 0 Å². The van der Waals surface area contributed by atoms with Gasteiger partial charge in [-0.3, -0.25) is 4.79 Å². The average molecular weight is 557 g/mol. The van der Waals surface area contributed by atoms with E-state index in [-0.39, 0.29) is 35.0 Å². The van der Waals surface area contributed by atoms with Gasteiger partial charge in [0.1, 0.15) is 0 Å². The Kier molecular flexibility index (Phi) is 8.55. The highest BCUT2D eigenvalue weighted by molar-refractivity contribution is 6.00. The number of nitrogens with zero attached hydrogens (tertiary/aromatic N) is 2. The first-order chi connectivity index (χ1) is 16.8. The van der Waals surface area contributed by atoms with Gasteiger partial charge in [-0.25, -0.2) is 9.36 Å². The molecule has 36 heavy (non-hydrogen) atoms. The van der Waals surface area contributed by atoms with Crippen molar-refractivity contribution in [3.8, 4) is 11.3 Å². The third-order valence-electron chi connectivity index (χ3n) is 5.08. The highest BCUT2D eigenvalue weighted by atomic mass is 79.9. The minimum Gasteiger partial charge on any atom is -1.00 e. The second kappa shape index (κ2) is 11.6. The summed E-state index contributed by atoms with van der Waals surface area (Å²) in [6, 6.07) is 21.4. The number of carbonyl (C=O) groups is 2. The van der Waals surface area contributed by atoms with Crippen molar-refractivity contribution in [2.24, 2.45) is 0 Å². The van der Waals surface area contributed by atoms with E-state index < -0.39 is 17.8 Å². The molecule has 2 amide bonds. The van der Waals surface area contributed by atoms with Crippen molar-refractivity contribution < 1.29 is 44.3 Å². The topological polar surface area (TPSA) is 75.0 Å². The van der Waals surface area contributed by atoms with Crippen LogP contribution in [0, 0.1) is 0 Å². The van der Waals surface area contributed by atoms with Crippen LogP contribution in [0.1, 0.15) is 15.9 Å². The van der Waals surface area contributed by atoms with Gasteiger partial charge in [0, 0.05) is 28.6 Å². The number of nitrogens with one attached hydrogen (secondary N) is 2. The number of ketones is 1. The van der Waals surface area contributed by atoms with Gasteiger partial charge in [0.05, 0.1) is 11.8 Å². The van der Waals surface area contributed by atoms with Gasteiger partial charge in [0.2, 0.25) is 5.78 Å². The van der Waals surface area contributed by atoms with Crippen LogP contribution in [-0.2, 0) is 12.7 Å². The number of hydrogen-bond donors (Lipinski definition) is 2. The zero-order chi connectivity index (χ0) is 24.8. The molecule has 2 N–H and O–H groups in total. The number of amides is 2. The number of alkyl halides is 3. The predicted octanol–water partition coefficient (Wildman–Crippen LogP) is 2.59. The first kappa shape index (κ1) is 26.6. The minimum atomic E-state index is -4.51. The summed E-state index contributed by atoms with van der Waals surface area (Å²) in [6.45, 7) is 0.0882. The van der Waals surface area contributed by atoms with Crippen LogP contribution in [-0.4, -0.2) is 16.8 Å². The number of Topliss-reactive ketones (excluding diaryl/α,β-unsaturated/α-hetero) is 1. The van der Waals surface area contributed by atoms with E-state index in [0.717, 1.165) is 23.4 Å². The Morgan fingerprint density at radius 2 is 1.53 bits per heavy atom. The summed E-state index contributed by atoms with van der Waals surface area (Å²) >= 11 is 0. The Balaban J connectivity index is 0.00000361. The lowest BCUT2D eigenvalue weighted by Crippen LogP contribution is -3.00. The van der Waals surface area contributed by atoms with Crippen molar-refractivity contribution in [2.45, 2.75) is 12.7 Å². The molecule has 0 unspecified atom stereocenters. The maximum absolute atomic E-state index is 12.8. The van der Waals surface area contributed by atoms with E-state index in [1.807, 2.05) is 36.4 Å². The standard InChI is InChI=1S/C26H19F3N4O2.BrH/c27-26(28,29)20-7-4-8-22(15-20)32-25(35)31-21-11-9-19(10-12-21)24(34)16-33-14-13-23(30-17-33)18-5-2-1-3-6-18;/h1-15,17H,16H2,(H-,31,32,34,35);1H. The number of benzene rings is 3. The van der Waals surface area contributed by atoms with E-state index in [0.29, 0.717) is 11.3 Å². The monoisotopic (exact) mass is 556 g/mol. The quantitative estimate of drug-likeness (QED) is 0.283. The van der Waals surface area contributed by atoms with Gasteiger partial charge in [0.25, 0.3) is 6.33 Å². The third-order valence-corrected chi connectivity index (χ3v) is 5.08. The molecule has 0 atom stereocenters. The lowest BCUT2D eigenvalue weighted by atomic mass is 10.1. The Morgan fingerprint density at radius 3 is 2.17 bits per heavy atom. The highest BCUT2D eigenvalue weighted by Crippen LogP contribution is 2.30. The van der Waals surface area contributed by atoms with Gasteiger partial charge in [-0.2, -0.15) is 13.2 Å². The summed E-state index contributed by atoms with van der Waals surface area (Å²) in [5.41, 5.74) is 1.74. The molecule has 0 aliphatic heterocycles. The van der Waals surface area contributed by atoms with E-state index >= 15 is 0 Å². The fourth-order valence-corrected chi connectivity index (χ4v) is 3.32. The molecule has 1 heterocycles. The molecule has 4 aromatic rings. The first-order valence-corrected chi connectivity index (χ1v) is 10.6. The zero-order valence-electron chi connectivity index (χ0n) is 18.7. The highest BCUT2D eigenvalue weighted by Gasteiger charge is 2.30. The van der Waals surface area contributed by atoms with Crippen LogP contribution in [0.2, 0.25) is 0 Å². The van der Waals surface area contributed by atoms with Gasteiger partial charge < -0.3 is 27.6 Å². The zero-order valence-corrected chi connectivity index (χ0v) is 20.3. The number of hydrogen-bond acceptors (Lipinski definition) is 3. The van der Waals surface area contributed by atoms with Gasteiger partial charge in [-0.15, -0.1) is 0 Å². The van der Waals surface area contributed by atoms with Crippen molar-refractivity contribution in [3.63, 3.8) is 0 Å². The van der Waals surface area contributed by atoms with Crippen molar-refractivity contribution in [2.75, 3.05) is 10.6 Å². The summed E-state index contributed by atoms with van der Waals surface area (Å²) in [6.07, 6.45) is -1.13. The Hall–Kier alpha value is -4.05. The van der Waals surface area contributed by atoms with E-state index in [1.165, 1.54) is 12.1 Å². The number of carbonyl (C=O) groups excluding carboxylic acids is 2. The van der Waals surface area contributed by atoms with Gasteiger partial charge in [-0.05, 0) is 47.4 Å². The molecule has 184 valence electrons. The number of anilines is 2. The molecule has 6 nitrogen and oxygen atoms in total. The first-order valence-electron chi connectivity index (χ1n) is 10.6. The van der Waals surface area contributed by atoms with Crippen LogP contribution < -0.4 is 32.2 Å². The molecule has 0 saturated carbocycles. The molecule has 0 spiro atoms. The van der Waals surface area contributed by atoms with Crippen LogP contribution >= 0.6 is 0 Å². The number of aromatic nitrogens is 2. The molecular formula is C26H20BrF3N4O2. The largest absolute Gasteiger partial charge is 1.00 e. The SMILES string of the molecule is O=C(Nc1ccc(C(=O)C[n+]2ccc(-c3ccccc3)nc2)cc1)Nc1cccc(C(F)(F)F)c1.[Br-]. The van der Waals surface area contributed by atoms with Crippen molar-refractivity contribution >= 4 is 23.2 Å². The van der Waals surface area contributed by atoms with Crippen molar-refractivity contribution in [1.82, 2.24) is 4.98 Å². The summed E-state index contributed by atoms with van der Waals surface area (Å²) in [5.74, 6) is -0.149. The van der Waals surface area contributed by atoms with Gasteiger partial charge in [-0.1, -0.05) is 36.4 Å². The van der Waals surface area contributed by atoms with Crippen LogP contribution in [0.25, 0.3) is 11.3 Å². The molecule has 0 radical (unpaired) electrons. The molecule has 4 rings (SSSR count). The fraction of sp³-hybridized carbons (Fsp3) is 0.0769. The Bertz CT molecular complexity index is 1330. The summed E-state index contributed by atoms with van der Waals surface area (Å²) < 4.78 is 40.1. The van der Waals surface area contributed by atoms with E-state index in [4.69, 9.17) is 0 Å². The average Bonchev–Trinajstić information content (AvgIpc) is 2.85. The molecule has 0 fully saturated rings. The Labute approximate surface area is 215 Å². The fourth-order valence-electron chi connectivity index (χ4n) is 3.32. The smallest absolute Gasteiger partial charge is 0.416 e. The summed E-state index contributed by atoms with van der Waals surface area (Å²) in [4.78, 5) is 29.2. The van der Waals surface area contributed by atoms with Crippen molar-refractivity contribution in [3.05, 3.63) is 109 Å². The number of urea groups is 1. The molecule has 0 aliphatic rings. The molecule has 1 aromatic heterocycles. The number of halogens is 4. The van der Waals surface area contributed by atoms with E-state index in [2.05, 4.69) is 15.6 Å². The van der Waals surface area contributed by atoms with Crippen molar-refractivity contribution in [1.29, 1.82) is 0 Å². The molecule has 3 aromatic carbocycles. The lowest BCUT2D eigenvalue weighted by molar-refractivity contribution is -0.686. The molecule has 10 heteroatoms. The maximum atomic E-state index is 12.8. The summed E-state index contributed by atoms with van der Waals surface area (Å²) in [7, 11) is 0. The predicted molar refractivity (Wildman–Crippen MR) is 125 cm³/mol.